The summed E-state index contributed by atoms with van der Waals surface area (Å²) in [6.07, 6.45) is 0. The molecule has 1 amide bonds. The fraction of sp³-hybridized carbons (Fsp3) is 0.429. The molecule has 0 N–H and O–H groups in total. The minimum atomic E-state index is -0.431. The van der Waals surface area contributed by atoms with Crippen LogP contribution in [-0.2, 0) is 16.1 Å². The van der Waals surface area contributed by atoms with Crippen molar-refractivity contribution in [3.8, 4) is 0 Å². The van der Waals surface area contributed by atoms with E-state index in [-0.39, 0.29) is 5.82 Å². The van der Waals surface area contributed by atoms with Gasteiger partial charge in [-0.25, -0.2) is 4.39 Å². The average molecular weight is 299 g/mol. The quantitative estimate of drug-likeness (QED) is 0.798. The molecular formula is C14H16ClFN2O2. The number of rotatable bonds is 3. The SMILES string of the molecule is CC(=O)C(=O)N1CCN(Cc2ccc(F)cc2Cl)CC1. The normalized spacial score (nSPS) is 16.2. The maximum Gasteiger partial charge on any atom is 0.289 e. The molecule has 1 fully saturated rings. The topological polar surface area (TPSA) is 40.6 Å². The summed E-state index contributed by atoms with van der Waals surface area (Å²) in [5.41, 5.74) is 0.861. The summed E-state index contributed by atoms with van der Waals surface area (Å²) >= 11 is 5.99. The second-order valence-electron chi connectivity index (χ2n) is 4.86. The predicted molar refractivity (Wildman–Crippen MR) is 73.9 cm³/mol. The molecule has 6 heteroatoms. The minimum absolute atomic E-state index is 0.351. The van der Waals surface area contributed by atoms with Gasteiger partial charge in [-0.2, -0.15) is 0 Å². The van der Waals surface area contributed by atoms with Gasteiger partial charge >= 0.3 is 0 Å². The van der Waals surface area contributed by atoms with Crippen molar-refractivity contribution in [3.05, 3.63) is 34.6 Å². The molecule has 0 spiro atoms. The third-order valence-electron chi connectivity index (χ3n) is 3.37. The fourth-order valence-electron chi connectivity index (χ4n) is 2.22. The molecule has 1 aliphatic rings. The van der Waals surface area contributed by atoms with Crippen molar-refractivity contribution >= 4 is 23.3 Å². The number of carbonyl (C=O) groups excluding carboxylic acids is 2. The van der Waals surface area contributed by atoms with Gasteiger partial charge in [-0.3, -0.25) is 14.5 Å². The van der Waals surface area contributed by atoms with Crippen molar-refractivity contribution in [1.82, 2.24) is 9.80 Å². The van der Waals surface area contributed by atoms with Gasteiger partial charge in [0.2, 0.25) is 5.78 Å². The molecule has 0 atom stereocenters. The highest BCUT2D eigenvalue weighted by molar-refractivity contribution is 6.35. The van der Waals surface area contributed by atoms with Gasteiger partial charge in [0.05, 0.1) is 0 Å². The van der Waals surface area contributed by atoms with E-state index in [1.165, 1.54) is 19.1 Å². The number of hydrogen-bond acceptors (Lipinski definition) is 3. The number of ketones is 1. The predicted octanol–water partition coefficient (Wildman–Crippen LogP) is 1.71. The lowest BCUT2D eigenvalue weighted by Gasteiger charge is -2.34. The minimum Gasteiger partial charge on any atom is -0.334 e. The Bertz CT molecular complexity index is 528. The van der Waals surface area contributed by atoms with Gasteiger partial charge in [0.1, 0.15) is 5.82 Å². The van der Waals surface area contributed by atoms with Crippen LogP contribution in [0.15, 0.2) is 18.2 Å². The van der Waals surface area contributed by atoms with Gasteiger partial charge in [0.15, 0.2) is 0 Å². The summed E-state index contributed by atoms with van der Waals surface area (Å²) in [4.78, 5) is 26.3. The number of Topliss-reactive ketones (excluding diaryl/α,β-unsaturated/α-hetero) is 1. The zero-order valence-corrected chi connectivity index (χ0v) is 12.0. The van der Waals surface area contributed by atoms with Gasteiger partial charge in [-0.05, 0) is 17.7 Å². The van der Waals surface area contributed by atoms with E-state index < -0.39 is 11.7 Å². The van der Waals surface area contributed by atoms with Crippen LogP contribution in [0.3, 0.4) is 0 Å². The highest BCUT2D eigenvalue weighted by atomic mass is 35.5. The van der Waals surface area contributed by atoms with Crippen LogP contribution in [0.4, 0.5) is 4.39 Å². The molecule has 0 bridgehead atoms. The van der Waals surface area contributed by atoms with E-state index in [9.17, 15) is 14.0 Å². The van der Waals surface area contributed by atoms with Crippen LogP contribution >= 0.6 is 11.6 Å². The first-order valence-electron chi connectivity index (χ1n) is 6.43. The number of halogens is 2. The third kappa shape index (κ3) is 3.55. The highest BCUT2D eigenvalue weighted by Gasteiger charge is 2.23. The Morgan fingerprint density at radius 3 is 2.45 bits per heavy atom. The Balaban J connectivity index is 1.91. The van der Waals surface area contributed by atoms with Crippen LogP contribution in [0.2, 0.25) is 5.02 Å². The summed E-state index contributed by atoms with van der Waals surface area (Å²) < 4.78 is 13.0. The number of hydrogen-bond donors (Lipinski definition) is 0. The summed E-state index contributed by atoms with van der Waals surface area (Å²) in [5, 5.41) is 0.409. The molecular weight excluding hydrogens is 283 g/mol. The second-order valence-corrected chi connectivity index (χ2v) is 5.27. The first-order chi connectivity index (χ1) is 9.47. The summed E-state index contributed by atoms with van der Waals surface area (Å²) in [7, 11) is 0. The molecule has 1 saturated heterocycles. The fourth-order valence-corrected chi connectivity index (χ4v) is 2.45. The van der Waals surface area contributed by atoms with E-state index in [2.05, 4.69) is 4.90 Å². The Labute approximate surface area is 122 Å². The van der Waals surface area contributed by atoms with Crippen LogP contribution in [0.25, 0.3) is 0 Å². The highest BCUT2D eigenvalue weighted by Crippen LogP contribution is 2.19. The zero-order valence-electron chi connectivity index (χ0n) is 11.2. The molecule has 1 aliphatic heterocycles. The third-order valence-corrected chi connectivity index (χ3v) is 3.72. The van der Waals surface area contributed by atoms with Crippen molar-refractivity contribution < 1.29 is 14.0 Å². The van der Waals surface area contributed by atoms with E-state index >= 15 is 0 Å². The lowest BCUT2D eigenvalue weighted by molar-refractivity contribution is -0.144. The molecule has 108 valence electrons. The van der Waals surface area contributed by atoms with E-state index in [1.807, 2.05) is 0 Å². The van der Waals surface area contributed by atoms with E-state index in [0.717, 1.165) is 5.56 Å². The van der Waals surface area contributed by atoms with Crippen LogP contribution < -0.4 is 0 Å². The summed E-state index contributed by atoms with van der Waals surface area (Å²) in [6, 6.07) is 4.36. The lowest BCUT2D eigenvalue weighted by atomic mass is 10.2. The number of amides is 1. The molecule has 4 nitrogen and oxygen atoms in total. The monoisotopic (exact) mass is 298 g/mol. The van der Waals surface area contributed by atoms with Crippen molar-refractivity contribution in [2.24, 2.45) is 0 Å². The Morgan fingerprint density at radius 2 is 1.90 bits per heavy atom. The van der Waals surface area contributed by atoms with Crippen LogP contribution in [0.1, 0.15) is 12.5 Å². The largest absolute Gasteiger partial charge is 0.334 e. The zero-order chi connectivity index (χ0) is 14.7. The summed E-state index contributed by atoms with van der Waals surface area (Å²) in [5.74, 6) is -1.21. The van der Waals surface area contributed by atoms with Crippen LogP contribution in [0.5, 0.6) is 0 Å². The molecule has 2 rings (SSSR count). The standard InChI is InChI=1S/C14H16ClFN2O2/c1-10(19)14(20)18-6-4-17(5-7-18)9-11-2-3-12(16)8-13(11)15/h2-3,8H,4-7,9H2,1H3. The van der Waals surface area contributed by atoms with Gasteiger partial charge in [0, 0.05) is 44.7 Å². The molecule has 1 aromatic rings. The number of piperazine rings is 1. The van der Waals surface area contributed by atoms with Crippen molar-refractivity contribution in [2.45, 2.75) is 13.5 Å². The van der Waals surface area contributed by atoms with Crippen molar-refractivity contribution in [1.29, 1.82) is 0 Å². The Hall–Kier alpha value is -1.46. The van der Waals surface area contributed by atoms with Crippen molar-refractivity contribution in [3.63, 3.8) is 0 Å². The maximum atomic E-state index is 13.0. The molecule has 0 saturated carbocycles. The molecule has 0 aromatic heterocycles. The number of nitrogens with zero attached hydrogens (tertiary/aromatic N) is 2. The van der Waals surface area contributed by atoms with Gasteiger partial charge in [-0.1, -0.05) is 17.7 Å². The first kappa shape index (κ1) is 14.9. The molecule has 0 radical (unpaired) electrons. The average Bonchev–Trinajstić information content (AvgIpc) is 2.42. The van der Waals surface area contributed by atoms with Gasteiger partial charge < -0.3 is 4.90 Å². The summed E-state index contributed by atoms with van der Waals surface area (Å²) in [6.45, 7) is 4.29. The van der Waals surface area contributed by atoms with E-state index in [4.69, 9.17) is 11.6 Å². The van der Waals surface area contributed by atoms with E-state index in [0.29, 0.717) is 37.7 Å². The van der Waals surface area contributed by atoms with E-state index in [1.54, 1.807) is 11.0 Å². The Morgan fingerprint density at radius 1 is 1.25 bits per heavy atom. The van der Waals surface area contributed by atoms with Crippen LogP contribution in [-0.4, -0.2) is 47.7 Å². The molecule has 0 unspecified atom stereocenters. The van der Waals surface area contributed by atoms with Crippen molar-refractivity contribution in [2.75, 3.05) is 26.2 Å². The number of carbonyl (C=O) groups is 2. The molecule has 0 aliphatic carbocycles. The molecule has 20 heavy (non-hydrogen) atoms. The van der Waals surface area contributed by atoms with Gasteiger partial charge in [0.25, 0.3) is 5.91 Å². The number of benzene rings is 1. The Kier molecular flexibility index (Phi) is 4.73. The molecule has 1 heterocycles. The second kappa shape index (κ2) is 6.33. The maximum absolute atomic E-state index is 13.0. The van der Waals surface area contributed by atoms with Gasteiger partial charge in [-0.15, -0.1) is 0 Å². The smallest absolute Gasteiger partial charge is 0.289 e. The first-order valence-corrected chi connectivity index (χ1v) is 6.81. The lowest BCUT2D eigenvalue weighted by Crippen LogP contribution is -2.49. The molecule has 1 aromatic carbocycles. The van der Waals surface area contributed by atoms with Crippen LogP contribution in [0, 0.1) is 5.82 Å².